The average molecular weight is 238 g/mol. The van der Waals surface area contributed by atoms with Gasteiger partial charge >= 0.3 is 0 Å². The molecule has 0 heterocycles. The third-order valence-electron chi connectivity index (χ3n) is 2.01. The topological polar surface area (TPSA) is 59.1 Å². The lowest BCUT2D eigenvalue weighted by Gasteiger charge is -2.07. The number of ether oxygens (including phenoxy) is 1. The van der Waals surface area contributed by atoms with E-state index in [9.17, 15) is 0 Å². The molecule has 0 saturated carbocycles. The van der Waals surface area contributed by atoms with E-state index in [2.05, 4.69) is 19.9 Å². The molecule has 1 aromatic rings. The van der Waals surface area contributed by atoms with Gasteiger partial charge in [0.05, 0.1) is 6.61 Å². The van der Waals surface area contributed by atoms with E-state index in [1.54, 1.807) is 0 Å². The fourth-order valence-electron chi connectivity index (χ4n) is 1.45. The Hall–Kier alpha value is -1.16. The second-order valence-corrected chi connectivity index (χ2v) is 4.87. The van der Waals surface area contributed by atoms with E-state index in [0.29, 0.717) is 6.61 Å². The molecule has 0 amide bonds. The molecule has 0 bridgehead atoms. The van der Waals surface area contributed by atoms with Crippen molar-refractivity contribution in [1.82, 2.24) is 0 Å². The van der Waals surface area contributed by atoms with Crippen LogP contribution < -0.4 is 10.5 Å². The largest absolute Gasteiger partial charge is 0.494 e. The summed E-state index contributed by atoms with van der Waals surface area (Å²) in [5.74, 6) is 1.76. The van der Waals surface area contributed by atoms with Crippen molar-refractivity contribution in [1.29, 1.82) is 5.41 Å². The molecule has 0 saturated heterocycles. The molecule has 1 aromatic carbocycles. The van der Waals surface area contributed by atoms with Crippen LogP contribution in [0.25, 0.3) is 0 Å². The van der Waals surface area contributed by atoms with Gasteiger partial charge in [-0.2, -0.15) is 0 Å². The van der Waals surface area contributed by atoms with Gasteiger partial charge < -0.3 is 10.5 Å². The molecule has 0 unspecified atom stereocenters. The molecule has 3 nitrogen and oxygen atoms in total. The second kappa shape index (κ2) is 6.43. The van der Waals surface area contributed by atoms with E-state index in [4.69, 9.17) is 15.9 Å². The highest BCUT2D eigenvalue weighted by Gasteiger charge is 1.97. The highest BCUT2D eigenvalue weighted by molar-refractivity contribution is 8.13. The number of hydrogen-bond donors (Lipinski definition) is 2. The van der Waals surface area contributed by atoms with Crippen molar-refractivity contribution in [2.24, 2.45) is 5.73 Å². The Kier molecular flexibility index (Phi) is 5.19. The number of rotatable bonds is 5. The normalized spacial score (nSPS) is 10.1. The van der Waals surface area contributed by atoms with Crippen LogP contribution in [0.1, 0.15) is 17.5 Å². The average Bonchev–Trinajstić information content (AvgIpc) is 2.15. The van der Waals surface area contributed by atoms with Gasteiger partial charge in [-0.15, -0.1) is 0 Å². The van der Waals surface area contributed by atoms with Gasteiger partial charge in [0.1, 0.15) is 5.75 Å². The molecule has 0 spiro atoms. The van der Waals surface area contributed by atoms with E-state index in [1.165, 1.54) is 22.9 Å². The summed E-state index contributed by atoms with van der Waals surface area (Å²) in [6.07, 6.45) is 0.900. The van der Waals surface area contributed by atoms with Crippen molar-refractivity contribution in [3.63, 3.8) is 0 Å². The maximum atomic E-state index is 7.05. The van der Waals surface area contributed by atoms with Crippen LogP contribution >= 0.6 is 11.8 Å². The van der Waals surface area contributed by atoms with E-state index in [1.807, 2.05) is 12.1 Å². The smallest absolute Gasteiger partial charge is 0.151 e. The zero-order chi connectivity index (χ0) is 12.0. The Balaban J connectivity index is 2.29. The van der Waals surface area contributed by atoms with E-state index in [0.717, 1.165) is 17.9 Å². The van der Waals surface area contributed by atoms with Crippen LogP contribution in [0.15, 0.2) is 18.2 Å². The first-order chi connectivity index (χ1) is 7.58. The number of nitrogens with one attached hydrogen (secondary N) is 1. The highest BCUT2D eigenvalue weighted by Crippen LogP contribution is 2.16. The molecule has 16 heavy (non-hydrogen) atoms. The number of benzene rings is 1. The lowest BCUT2D eigenvalue weighted by atomic mass is 10.1. The van der Waals surface area contributed by atoms with Crippen LogP contribution in [-0.4, -0.2) is 17.5 Å². The Morgan fingerprint density at radius 3 is 2.50 bits per heavy atom. The number of amidine groups is 1. The standard InChI is InChI=1S/C12H18N2OS/c1-9-6-10(2)8-11(7-9)15-4-3-5-16-12(13)14/h6-8H,3-5H2,1-2H3,(H3,13,14). The fourth-order valence-corrected chi connectivity index (χ4v) is 1.93. The van der Waals surface area contributed by atoms with Crippen LogP contribution in [0, 0.1) is 19.3 Å². The number of hydrogen-bond acceptors (Lipinski definition) is 3. The van der Waals surface area contributed by atoms with Gasteiger partial charge in [0.2, 0.25) is 0 Å². The maximum Gasteiger partial charge on any atom is 0.151 e. The summed E-state index contributed by atoms with van der Waals surface area (Å²) in [7, 11) is 0. The van der Waals surface area contributed by atoms with E-state index >= 15 is 0 Å². The Bertz CT molecular complexity index is 346. The zero-order valence-electron chi connectivity index (χ0n) is 9.75. The second-order valence-electron chi connectivity index (χ2n) is 3.74. The summed E-state index contributed by atoms with van der Waals surface area (Å²) in [5.41, 5.74) is 7.66. The van der Waals surface area contributed by atoms with Crippen LogP contribution in [0.5, 0.6) is 5.75 Å². The summed E-state index contributed by atoms with van der Waals surface area (Å²) >= 11 is 1.35. The molecular formula is C12H18N2OS. The van der Waals surface area contributed by atoms with Crippen molar-refractivity contribution < 1.29 is 4.74 Å². The minimum absolute atomic E-state index is 0.173. The van der Waals surface area contributed by atoms with Crippen LogP contribution in [0.3, 0.4) is 0 Å². The van der Waals surface area contributed by atoms with Crippen LogP contribution in [0.4, 0.5) is 0 Å². The third-order valence-corrected chi connectivity index (χ3v) is 2.81. The molecule has 0 aromatic heterocycles. The van der Waals surface area contributed by atoms with Gasteiger partial charge in [-0.25, -0.2) is 0 Å². The lowest BCUT2D eigenvalue weighted by Crippen LogP contribution is -2.06. The predicted octanol–water partition coefficient (Wildman–Crippen LogP) is 2.70. The number of nitrogens with two attached hydrogens (primary N) is 1. The van der Waals surface area contributed by atoms with Gasteiger partial charge in [0.15, 0.2) is 5.17 Å². The minimum Gasteiger partial charge on any atom is -0.494 e. The number of thioether (sulfide) groups is 1. The molecule has 0 atom stereocenters. The van der Waals surface area contributed by atoms with E-state index < -0.39 is 0 Å². The molecule has 0 fully saturated rings. The molecule has 3 N–H and O–H groups in total. The molecule has 0 aliphatic heterocycles. The maximum absolute atomic E-state index is 7.05. The van der Waals surface area contributed by atoms with Gasteiger partial charge in [0.25, 0.3) is 0 Å². The quantitative estimate of drug-likeness (QED) is 0.471. The summed E-state index contributed by atoms with van der Waals surface area (Å²) in [4.78, 5) is 0. The highest BCUT2D eigenvalue weighted by atomic mass is 32.2. The summed E-state index contributed by atoms with van der Waals surface area (Å²) in [6.45, 7) is 4.79. The first kappa shape index (κ1) is 12.9. The summed E-state index contributed by atoms with van der Waals surface area (Å²) in [5, 5.41) is 7.22. The van der Waals surface area contributed by atoms with Crippen molar-refractivity contribution in [2.45, 2.75) is 20.3 Å². The minimum atomic E-state index is 0.173. The van der Waals surface area contributed by atoms with Crippen LogP contribution in [0.2, 0.25) is 0 Å². The number of aryl methyl sites for hydroxylation is 2. The monoisotopic (exact) mass is 238 g/mol. The van der Waals surface area contributed by atoms with Gasteiger partial charge in [0, 0.05) is 5.75 Å². The molecule has 4 heteroatoms. The first-order valence-corrected chi connectivity index (χ1v) is 6.24. The van der Waals surface area contributed by atoms with Crippen molar-refractivity contribution in [3.05, 3.63) is 29.3 Å². The third kappa shape index (κ3) is 5.07. The van der Waals surface area contributed by atoms with Gasteiger partial charge in [-0.3, -0.25) is 5.41 Å². The van der Waals surface area contributed by atoms with Gasteiger partial charge in [-0.05, 0) is 43.5 Å². The summed E-state index contributed by atoms with van der Waals surface area (Å²) in [6, 6.07) is 6.19. The molecule has 0 aliphatic rings. The summed E-state index contributed by atoms with van der Waals surface area (Å²) < 4.78 is 5.62. The Labute approximate surface area is 101 Å². The Morgan fingerprint density at radius 2 is 1.94 bits per heavy atom. The first-order valence-electron chi connectivity index (χ1n) is 5.26. The molecule has 0 radical (unpaired) electrons. The van der Waals surface area contributed by atoms with E-state index in [-0.39, 0.29) is 5.17 Å². The SMILES string of the molecule is Cc1cc(C)cc(OCCCSC(=N)N)c1. The molecule has 1 rings (SSSR count). The van der Waals surface area contributed by atoms with Crippen molar-refractivity contribution in [2.75, 3.05) is 12.4 Å². The fraction of sp³-hybridized carbons (Fsp3) is 0.417. The zero-order valence-corrected chi connectivity index (χ0v) is 10.6. The molecular weight excluding hydrogens is 220 g/mol. The van der Waals surface area contributed by atoms with Crippen molar-refractivity contribution in [3.8, 4) is 5.75 Å². The van der Waals surface area contributed by atoms with Gasteiger partial charge in [-0.1, -0.05) is 17.8 Å². The predicted molar refractivity (Wildman–Crippen MR) is 70.4 cm³/mol. The lowest BCUT2D eigenvalue weighted by molar-refractivity contribution is 0.318. The Morgan fingerprint density at radius 1 is 1.31 bits per heavy atom. The molecule has 0 aliphatic carbocycles. The van der Waals surface area contributed by atoms with Crippen molar-refractivity contribution >= 4 is 16.9 Å². The molecule has 88 valence electrons. The van der Waals surface area contributed by atoms with Crippen LogP contribution in [-0.2, 0) is 0 Å².